The van der Waals surface area contributed by atoms with Crippen LogP contribution < -0.4 is 4.90 Å². The summed E-state index contributed by atoms with van der Waals surface area (Å²) in [6.45, 7) is 22.8. The number of carbonyl (C=O) groups excluding carboxylic acids is 2. The van der Waals surface area contributed by atoms with Gasteiger partial charge >= 0.3 is 0 Å². The van der Waals surface area contributed by atoms with Gasteiger partial charge in [-0.05, 0) is 103 Å². The van der Waals surface area contributed by atoms with Gasteiger partial charge in [0.1, 0.15) is 0 Å². The summed E-state index contributed by atoms with van der Waals surface area (Å²) in [5.74, 6) is -0.0753. The van der Waals surface area contributed by atoms with Crippen molar-refractivity contribution in [1.29, 1.82) is 0 Å². The first-order valence-electron chi connectivity index (χ1n) is 21.5. The lowest BCUT2D eigenvalue weighted by Gasteiger charge is -2.42. The molecule has 8 rings (SSSR count). The Kier molecular flexibility index (Phi) is 14.6. The molecule has 0 unspecified atom stereocenters. The number of carbonyl (C=O) groups is 2. The fourth-order valence-electron chi connectivity index (χ4n) is 7.89. The Hall–Kier alpha value is -6.06. The minimum absolute atomic E-state index is 0.00311. The first-order valence-corrected chi connectivity index (χ1v) is 21.5. The van der Waals surface area contributed by atoms with E-state index in [0.29, 0.717) is 23.1 Å². The van der Waals surface area contributed by atoms with Gasteiger partial charge in [-0.25, -0.2) is 0 Å². The second-order valence-electron chi connectivity index (χ2n) is 15.1. The number of benzene rings is 6. The van der Waals surface area contributed by atoms with Gasteiger partial charge in [-0.15, -0.1) is 0 Å². The van der Waals surface area contributed by atoms with E-state index in [2.05, 4.69) is 124 Å². The lowest BCUT2D eigenvalue weighted by atomic mass is 9.73. The summed E-state index contributed by atoms with van der Waals surface area (Å²) >= 11 is 0. The second-order valence-corrected chi connectivity index (χ2v) is 15.1. The zero-order valence-electron chi connectivity index (χ0n) is 37.0. The predicted molar refractivity (Wildman–Crippen MR) is 253 cm³/mol. The number of hydrogen-bond acceptors (Lipinski definition) is 3. The molecule has 0 spiro atoms. The van der Waals surface area contributed by atoms with Crippen LogP contribution in [0.5, 0.6) is 0 Å². The van der Waals surface area contributed by atoms with E-state index < -0.39 is 0 Å². The molecular formula is C56H61NO2. The Morgan fingerprint density at radius 3 is 1.42 bits per heavy atom. The average molecular weight is 780 g/mol. The molecule has 6 aromatic carbocycles. The highest BCUT2D eigenvalue weighted by molar-refractivity contribution is 6.18. The summed E-state index contributed by atoms with van der Waals surface area (Å²) in [4.78, 5) is 31.4. The molecule has 0 fully saturated rings. The Balaban J connectivity index is 0.00000106. The van der Waals surface area contributed by atoms with Crippen LogP contribution in [0.2, 0.25) is 0 Å². The largest absolute Gasteiger partial charge is 0.310 e. The molecule has 0 amide bonds. The van der Waals surface area contributed by atoms with Crippen LogP contribution in [-0.2, 0) is 5.41 Å². The topological polar surface area (TPSA) is 37.4 Å². The molecule has 0 N–H and O–H groups in total. The van der Waals surface area contributed by atoms with Gasteiger partial charge in [-0.3, -0.25) is 9.59 Å². The molecule has 2 aliphatic rings. The number of aryl methyl sites for hydroxylation is 2. The first kappa shape index (κ1) is 44.1. The zero-order valence-corrected chi connectivity index (χ0v) is 37.0. The fourth-order valence-corrected chi connectivity index (χ4v) is 7.89. The third-order valence-electron chi connectivity index (χ3n) is 11.0. The molecule has 0 atom stereocenters. The van der Waals surface area contributed by atoms with Crippen LogP contribution >= 0.6 is 0 Å². The third kappa shape index (κ3) is 9.00. The number of hydrogen-bond donors (Lipinski definition) is 0. The Labute approximate surface area is 354 Å². The maximum Gasteiger partial charge on any atom is 0.193 e. The molecular weight excluding hydrogens is 719 g/mol. The van der Waals surface area contributed by atoms with E-state index in [9.17, 15) is 9.59 Å². The summed E-state index contributed by atoms with van der Waals surface area (Å²) < 4.78 is 0. The van der Waals surface area contributed by atoms with Gasteiger partial charge in [0, 0.05) is 33.4 Å². The number of nitrogens with zero attached hydrogens (tertiary/aromatic N) is 1. The normalized spacial score (nSPS) is 13.3. The standard InChI is InChI=1S/C50H43NO2.3C2H6/c1-32-14-20-35(21-15-32)40-30-43(49(53)38-24-18-34(3)19-25-38)41(31-42(40)48(52)37-22-16-33(2)17-23-37)36-26-28-39(29-27-36)51-46-12-8-6-10-44(46)50(4,5)45-11-7-9-13-47(45)51;3*1-2/h6-18,20-24,26-31H,19,25H2,1-5H3;3*1-2H3. The summed E-state index contributed by atoms with van der Waals surface area (Å²) in [5.41, 5.74) is 15.1. The van der Waals surface area contributed by atoms with Gasteiger partial charge in [0.05, 0.1) is 11.4 Å². The third-order valence-corrected chi connectivity index (χ3v) is 11.0. The summed E-state index contributed by atoms with van der Waals surface area (Å²) in [6.07, 6.45) is 5.56. The number of allylic oxidation sites excluding steroid dienone is 4. The summed E-state index contributed by atoms with van der Waals surface area (Å²) in [5, 5.41) is 0. The number of rotatable bonds is 7. The minimum atomic E-state index is -0.153. The van der Waals surface area contributed by atoms with Gasteiger partial charge in [0.15, 0.2) is 11.6 Å². The van der Waals surface area contributed by atoms with Crippen molar-refractivity contribution in [2.24, 2.45) is 0 Å². The highest BCUT2D eigenvalue weighted by Gasteiger charge is 2.36. The number of ketones is 2. The average Bonchev–Trinajstić information content (AvgIpc) is 3.29. The Bertz CT molecular complexity index is 2410. The van der Waals surface area contributed by atoms with Crippen molar-refractivity contribution < 1.29 is 9.59 Å². The zero-order chi connectivity index (χ0) is 42.9. The van der Waals surface area contributed by atoms with E-state index in [1.54, 1.807) is 0 Å². The van der Waals surface area contributed by atoms with E-state index in [-0.39, 0.29) is 17.0 Å². The van der Waals surface area contributed by atoms with Crippen molar-refractivity contribution in [1.82, 2.24) is 0 Å². The van der Waals surface area contributed by atoms with Crippen molar-refractivity contribution in [2.75, 3.05) is 4.90 Å². The molecule has 0 radical (unpaired) electrons. The number of para-hydroxylation sites is 2. The molecule has 1 aliphatic carbocycles. The maximum atomic E-state index is 14.6. The molecule has 302 valence electrons. The Morgan fingerprint density at radius 2 is 0.949 bits per heavy atom. The van der Waals surface area contributed by atoms with Gasteiger partial charge in [-0.2, -0.15) is 0 Å². The molecule has 3 nitrogen and oxygen atoms in total. The van der Waals surface area contributed by atoms with E-state index in [1.165, 1.54) is 16.7 Å². The number of anilines is 3. The van der Waals surface area contributed by atoms with E-state index in [0.717, 1.165) is 62.4 Å². The van der Waals surface area contributed by atoms with Gasteiger partial charge < -0.3 is 4.90 Å². The van der Waals surface area contributed by atoms with E-state index in [1.807, 2.05) is 103 Å². The van der Waals surface area contributed by atoms with Crippen LogP contribution in [0, 0.1) is 13.8 Å². The van der Waals surface area contributed by atoms with Crippen LogP contribution in [0.4, 0.5) is 17.1 Å². The molecule has 3 heteroatoms. The number of fused-ring (bicyclic) bond motifs is 2. The predicted octanol–water partition coefficient (Wildman–Crippen LogP) is 15.9. The highest BCUT2D eigenvalue weighted by Crippen LogP contribution is 2.51. The first-order chi connectivity index (χ1) is 28.6. The van der Waals surface area contributed by atoms with Crippen LogP contribution in [0.25, 0.3) is 22.3 Å². The maximum absolute atomic E-state index is 14.6. The van der Waals surface area contributed by atoms with E-state index in [4.69, 9.17) is 0 Å². The van der Waals surface area contributed by atoms with E-state index >= 15 is 0 Å². The summed E-state index contributed by atoms with van der Waals surface area (Å²) in [6, 6.07) is 45.6. The molecule has 0 aromatic heterocycles. The van der Waals surface area contributed by atoms with Crippen LogP contribution in [0.3, 0.4) is 0 Å². The van der Waals surface area contributed by atoms with Gasteiger partial charge in [0.25, 0.3) is 0 Å². The molecule has 0 bridgehead atoms. The molecule has 0 saturated carbocycles. The van der Waals surface area contributed by atoms with Crippen LogP contribution in [-0.4, -0.2) is 11.6 Å². The van der Waals surface area contributed by atoms with Crippen LogP contribution in [0.1, 0.15) is 124 Å². The highest BCUT2D eigenvalue weighted by atomic mass is 16.1. The Morgan fingerprint density at radius 1 is 0.508 bits per heavy atom. The molecule has 59 heavy (non-hydrogen) atoms. The fraction of sp³-hybridized carbons (Fsp3) is 0.250. The van der Waals surface area contributed by atoms with Crippen molar-refractivity contribution in [2.45, 2.75) is 94.4 Å². The van der Waals surface area contributed by atoms with Crippen molar-refractivity contribution in [3.63, 3.8) is 0 Å². The molecule has 1 heterocycles. The quantitative estimate of drug-likeness (QED) is 0.151. The summed E-state index contributed by atoms with van der Waals surface area (Å²) in [7, 11) is 0. The number of Topliss-reactive ketones (excluding diaryl/α,β-unsaturated/α-hetero) is 1. The molecule has 1 aliphatic heterocycles. The van der Waals surface area contributed by atoms with Crippen molar-refractivity contribution in [3.05, 3.63) is 196 Å². The van der Waals surface area contributed by atoms with Crippen LogP contribution in [0.15, 0.2) is 157 Å². The van der Waals surface area contributed by atoms with Gasteiger partial charge in [0.2, 0.25) is 0 Å². The minimum Gasteiger partial charge on any atom is -0.310 e. The van der Waals surface area contributed by atoms with Crippen molar-refractivity contribution >= 4 is 28.6 Å². The molecule has 6 aromatic rings. The lowest BCUT2D eigenvalue weighted by Crippen LogP contribution is -2.30. The van der Waals surface area contributed by atoms with Crippen molar-refractivity contribution in [3.8, 4) is 22.3 Å². The van der Waals surface area contributed by atoms with Gasteiger partial charge in [-0.1, -0.05) is 181 Å². The SMILES string of the molecule is CC.CC.CC.CC1=CC=C(C(=O)c2cc(-c3ccc(C)cc3)c(C(=O)c3ccc(C)cc3)cc2-c2ccc(N3c4ccccc4C(C)(C)c4ccccc43)cc2)CC1. The molecule has 0 saturated heterocycles. The monoisotopic (exact) mass is 779 g/mol. The second kappa shape index (κ2) is 19.6. The smallest absolute Gasteiger partial charge is 0.193 e. The lowest BCUT2D eigenvalue weighted by molar-refractivity contribution is 0.102.